The van der Waals surface area contributed by atoms with E-state index < -0.39 is 0 Å². The highest BCUT2D eigenvalue weighted by Gasteiger charge is 2.16. The van der Waals surface area contributed by atoms with Crippen LogP contribution in [0.4, 0.5) is 0 Å². The van der Waals surface area contributed by atoms with E-state index in [2.05, 4.69) is 17.0 Å². The van der Waals surface area contributed by atoms with E-state index >= 15 is 0 Å². The van der Waals surface area contributed by atoms with Crippen LogP contribution in [0.1, 0.15) is 6.42 Å². The molecule has 1 saturated heterocycles. The van der Waals surface area contributed by atoms with Crippen molar-refractivity contribution in [3.63, 3.8) is 0 Å². The molecule has 0 saturated carbocycles. The fraction of sp³-hybridized carbons (Fsp3) is 0.444. The molecule has 0 spiro atoms. The predicted octanol–water partition coefficient (Wildman–Crippen LogP) is 0.724. The standard InChI is InChI=1S/C9H13N3O/c1-2-12-7-9(6-11-12)13-8-3-4-10-5-8/h2,6-8,10H,1,3-5H2. The summed E-state index contributed by atoms with van der Waals surface area (Å²) >= 11 is 0. The van der Waals surface area contributed by atoms with Crippen LogP contribution >= 0.6 is 0 Å². The Morgan fingerprint density at radius 3 is 3.31 bits per heavy atom. The van der Waals surface area contributed by atoms with Gasteiger partial charge in [-0.3, -0.25) is 0 Å². The van der Waals surface area contributed by atoms with Gasteiger partial charge in [-0.05, 0) is 13.0 Å². The van der Waals surface area contributed by atoms with Crippen molar-refractivity contribution >= 4 is 6.20 Å². The predicted molar refractivity (Wildman–Crippen MR) is 50.5 cm³/mol. The van der Waals surface area contributed by atoms with Crippen molar-refractivity contribution in [2.75, 3.05) is 13.1 Å². The Morgan fingerprint density at radius 1 is 1.77 bits per heavy atom. The molecule has 1 aliphatic heterocycles. The van der Waals surface area contributed by atoms with Gasteiger partial charge in [0.2, 0.25) is 0 Å². The Bertz CT molecular complexity index is 289. The molecule has 1 N–H and O–H groups in total. The minimum Gasteiger partial charge on any atom is -0.486 e. The van der Waals surface area contributed by atoms with E-state index in [9.17, 15) is 0 Å². The molecular weight excluding hydrogens is 166 g/mol. The quantitative estimate of drug-likeness (QED) is 0.743. The lowest BCUT2D eigenvalue weighted by atomic mass is 10.3. The van der Waals surface area contributed by atoms with Crippen molar-refractivity contribution in [2.45, 2.75) is 12.5 Å². The molecule has 13 heavy (non-hydrogen) atoms. The summed E-state index contributed by atoms with van der Waals surface area (Å²) in [4.78, 5) is 0. The van der Waals surface area contributed by atoms with Gasteiger partial charge in [-0.15, -0.1) is 0 Å². The Hall–Kier alpha value is -1.29. The van der Waals surface area contributed by atoms with Crippen LogP contribution in [-0.2, 0) is 0 Å². The second kappa shape index (κ2) is 3.62. The maximum atomic E-state index is 5.66. The highest BCUT2D eigenvalue weighted by atomic mass is 16.5. The molecule has 1 aliphatic rings. The van der Waals surface area contributed by atoms with Crippen LogP contribution in [0.25, 0.3) is 6.20 Å². The minimum atomic E-state index is 0.294. The first-order valence-corrected chi connectivity index (χ1v) is 4.42. The number of nitrogens with one attached hydrogen (secondary N) is 1. The molecule has 4 heteroatoms. The minimum absolute atomic E-state index is 0.294. The summed E-state index contributed by atoms with van der Waals surface area (Å²) < 4.78 is 7.30. The fourth-order valence-electron chi connectivity index (χ4n) is 1.40. The van der Waals surface area contributed by atoms with E-state index in [1.54, 1.807) is 17.1 Å². The maximum Gasteiger partial charge on any atom is 0.158 e. The Kier molecular flexibility index (Phi) is 2.31. The molecule has 1 unspecified atom stereocenters. The lowest BCUT2D eigenvalue weighted by Crippen LogP contribution is -2.19. The molecule has 1 aromatic heterocycles. The smallest absolute Gasteiger partial charge is 0.158 e. The van der Waals surface area contributed by atoms with E-state index in [1.165, 1.54) is 0 Å². The van der Waals surface area contributed by atoms with Crippen molar-refractivity contribution < 1.29 is 4.74 Å². The molecule has 0 aromatic carbocycles. The van der Waals surface area contributed by atoms with Crippen LogP contribution in [0.15, 0.2) is 19.0 Å². The zero-order chi connectivity index (χ0) is 9.10. The average molecular weight is 179 g/mol. The SMILES string of the molecule is C=Cn1cc(OC2CCNC2)cn1. The summed E-state index contributed by atoms with van der Waals surface area (Å²) in [6.07, 6.45) is 6.53. The first-order valence-electron chi connectivity index (χ1n) is 4.42. The summed E-state index contributed by atoms with van der Waals surface area (Å²) in [5.41, 5.74) is 0. The third kappa shape index (κ3) is 1.89. The normalized spacial score (nSPS) is 21.7. The zero-order valence-corrected chi connectivity index (χ0v) is 7.44. The maximum absolute atomic E-state index is 5.66. The molecule has 0 aliphatic carbocycles. The van der Waals surface area contributed by atoms with Gasteiger partial charge >= 0.3 is 0 Å². The number of hydrogen-bond acceptors (Lipinski definition) is 3. The van der Waals surface area contributed by atoms with Crippen molar-refractivity contribution in [2.24, 2.45) is 0 Å². The molecule has 2 rings (SSSR count). The van der Waals surface area contributed by atoms with E-state index in [0.29, 0.717) is 6.10 Å². The van der Waals surface area contributed by atoms with Gasteiger partial charge in [0.05, 0.1) is 12.4 Å². The van der Waals surface area contributed by atoms with Crippen molar-refractivity contribution in [3.8, 4) is 5.75 Å². The summed E-state index contributed by atoms with van der Waals surface area (Å²) in [7, 11) is 0. The van der Waals surface area contributed by atoms with Gasteiger partial charge in [-0.2, -0.15) is 5.10 Å². The second-order valence-electron chi connectivity index (χ2n) is 3.07. The van der Waals surface area contributed by atoms with Crippen LogP contribution in [0.5, 0.6) is 5.75 Å². The third-order valence-corrected chi connectivity index (χ3v) is 2.08. The molecule has 1 aromatic rings. The van der Waals surface area contributed by atoms with Gasteiger partial charge in [-0.1, -0.05) is 6.58 Å². The van der Waals surface area contributed by atoms with Crippen molar-refractivity contribution in [1.29, 1.82) is 0 Å². The van der Waals surface area contributed by atoms with Crippen LogP contribution < -0.4 is 10.1 Å². The second-order valence-corrected chi connectivity index (χ2v) is 3.07. The van der Waals surface area contributed by atoms with Crippen LogP contribution in [0.2, 0.25) is 0 Å². The number of ether oxygens (including phenoxy) is 1. The first-order chi connectivity index (χ1) is 6.38. The van der Waals surface area contributed by atoms with Gasteiger partial charge in [0.1, 0.15) is 6.10 Å². The van der Waals surface area contributed by atoms with E-state index in [-0.39, 0.29) is 0 Å². The Labute approximate surface area is 77.2 Å². The van der Waals surface area contributed by atoms with Crippen LogP contribution in [-0.4, -0.2) is 29.0 Å². The molecule has 2 heterocycles. The lowest BCUT2D eigenvalue weighted by Gasteiger charge is -2.08. The molecule has 0 radical (unpaired) electrons. The van der Waals surface area contributed by atoms with Gasteiger partial charge in [0.15, 0.2) is 5.75 Å². The van der Waals surface area contributed by atoms with Crippen LogP contribution in [0, 0.1) is 0 Å². The van der Waals surface area contributed by atoms with E-state index in [4.69, 9.17) is 4.74 Å². The molecule has 1 fully saturated rings. The third-order valence-electron chi connectivity index (χ3n) is 2.08. The average Bonchev–Trinajstić information content (AvgIpc) is 2.76. The summed E-state index contributed by atoms with van der Waals surface area (Å²) in [6, 6.07) is 0. The Morgan fingerprint density at radius 2 is 2.69 bits per heavy atom. The van der Waals surface area contributed by atoms with E-state index in [0.717, 1.165) is 25.3 Å². The van der Waals surface area contributed by atoms with Crippen molar-refractivity contribution in [3.05, 3.63) is 19.0 Å². The topological polar surface area (TPSA) is 39.1 Å². The van der Waals surface area contributed by atoms with Gasteiger partial charge in [-0.25, -0.2) is 4.68 Å². The highest BCUT2D eigenvalue weighted by molar-refractivity contribution is 5.21. The zero-order valence-electron chi connectivity index (χ0n) is 7.44. The lowest BCUT2D eigenvalue weighted by molar-refractivity contribution is 0.223. The first kappa shape index (κ1) is 8.31. The van der Waals surface area contributed by atoms with Crippen LogP contribution in [0.3, 0.4) is 0 Å². The van der Waals surface area contributed by atoms with E-state index in [1.807, 2.05) is 6.20 Å². The number of aromatic nitrogens is 2. The highest BCUT2D eigenvalue weighted by Crippen LogP contribution is 2.13. The molecule has 0 bridgehead atoms. The summed E-state index contributed by atoms with van der Waals surface area (Å²) in [5, 5.41) is 7.27. The molecule has 70 valence electrons. The molecule has 4 nitrogen and oxygen atoms in total. The van der Waals surface area contributed by atoms with Gasteiger partial charge in [0, 0.05) is 12.7 Å². The van der Waals surface area contributed by atoms with Crippen molar-refractivity contribution in [1.82, 2.24) is 15.1 Å². The fourth-order valence-corrected chi connectivity index (χ4v) is 1.40. The Balaban J connectivity index is 1.96. The largest absolute Gasteiger partial charge is 0.486 e. The summed E-state index contributed by atoms with van der Waals surface area (Å²) in [5.74, 6) is 0.814. The number of hydrogen-bond donors (Lipinski definition) is 1. The molecular formula is C9H13N3O. The number of nitrogens with zero attached hydrogens (tertiary/aromatic N) is 2. The monoisotopic (exact) mass is 179 g/mol. The summed E-state index contributed by atoms with van der Waals surface area (Å²) in [6.45, 7) is 5.58. The van der Waals surface area contributed by atoms with Gasteiger partial charge in [0.25, 0.3) is 0 Å². The molecule has 0 amide bonds. The van der Waals surface area contributed by atoms with Gasteiger partial charge < -0.3 is 10.1 Å². The molecule has 1 atom stereocenters. The number of rotatable bonds is 3.